The summed E-state index contributed by atoms with van der Waals surface area (Å²) in [5, 5.41) is 0. The van der Waals surface area contributed by atoms with Gasteiger partial charge in [0.25, 0.3) is 0 Å². The average Bonchev–Trinajstić information content (AvgIpc) is 2.11. The fourth-order valence-corrected chi connectivity index (χ4v) is 2.18. The molecule has 10 heavy (non-hydrogen) atoms. The van der Waals surface area contributed by atoms with Crippen LogP contribution in [0.15, 0.2) is 0 Å². The zero-order valence-electron chi connectivity index (χ0n) is 7.18. The molecule has 1 aliphatic rings. The minimum absolute atomic E-state index is 0.0247. The summed E-state index contributed by atoms with van der Waals surface area (Å²) in [6.45, 7) is 9.67. The molecule has 0 spiro atoms. The van der Waals surface area contributed by atoms with Gasteiger partial charge in [-0.25, -0.2) is 0 Å². The second-order valence-corrected chi connectivity index (χ2v) is 9.27. The van der Waals surface area contributed by atoms with Crippen LogP contribution in [0, 0.1) is 0 Å². The molecule has 3 heteroatoms. The quantitative estimate of drug-likeness (QED) is 0.543. The lowest BCUT2D eigenvalue weighted by atomic mass is 10.8. The first-order chi connectivity index (χ1) is 4.50. The molecule has 1 fully saturated rings. The maximum atomic E-state index is 5.57. The third-order valence-corrected chi connectivity index (χ3v) is 4.04. The molecule has 0 aliphatic carbocycles. The molecule has 0 aromatic heterocycles. The van der Waals surface area contributed by atoms with Gasteiger partial charge >= 0.3 is 0 Å². The second kappa shape index (κ2) is 2.64. The van der Waals surface area contributed by atoms with Crippen LogP contribution in [0.25, 0.3) is 0 Å². The normalized spacial score (nSPS) is 34.8. The van der Waals surface area contributed by atoms with Gasteiger partial charge in [0.2, 0.25) is 0 Å². The SMILES string of the molecule is CC1OCC([Si](C)(C)C)O1. The predicted molar refractivity (Wildman–Crippen MR) is 43.6 cm³/mol. The van der Waals surface area contributed by atoms with Crippen molar-refractivity contribution in [3.8, 4) is 0 Å². The highest BCUT2D eigenvalue weighted by Gasteiger charge is 2.34. The second-order valence-electron chi connectivity index (χ2n) is 3.89. The highest BCUT2D eigenvalue weighted by Crippen LogP contribution is 2.20. The molecular formula is C7H16O2Si. The maximum Gasteiger partial charge on any atom is 0.154 e. The first-order valence-corrected chi connectivity index (χ1v) is 7.35. The Bertz CT molecular complexity index is 119. The Morgan fingerprint density at radius 1 is 1.30 bits per heavy atom. The average molecular weight is 160 g/mol. The maximum absolute atomic E-state index is 5.57. The minimum atomic E-state index is -1.11. The van der Waals surface area contributed by atoms with E-state index in [9.17, 15) is 0 Å². The van der Waals surface area contributed by atoms with Gasteiger partial charge in [0, 0.05) is 0 Å². The molecule has 0 aromatic carbocycles. The Morgan fingerprint density at radius 2 is 1.90 bits per heavy atom. The van der Waals surface area contributed by atoms with E-state index in [0.717, 1.165) is 6.61 Å². The third kappa shape index (κ3) is 1.81. The van der Waals surface area contributed by atoms with E-state index < -0.39 is 8.07 Å². The van der Waals surface area contributed by atoms with Crippen molar-refractivity contribution in [1.29, 1.82) is 0 Å². The lowest BCUT2D eigenvalue weighted by Gasteiger charge is -2.22. The van der Waals surface area contributed by atoms with Crippen LogP contribution in [-0.2, 0) is 9.47 Å². The van der Waals surface area contributed by atoms with E-state index in [0.29, 0.717) is 5.73 Å². The molecule has 0 aromatic rings. The Hall–Kier alpha value is 0.137. The van der Waals surface area contributed by atoms with E-state index in [2.05, 4.69) is 19.6 Å². The van der Waals surface area contributed by atoms with Crippen LogP contribution in [0.4, 0.5) is 0 Å². The van der Waals surface area contributed by atoms with Crippen LogP contribution in [0.3, 0.4) is 0 Å². The predicted octanol–water partition coefficient (Wildman–Crippen LogP) is 1.63. The molecule has 0 N–H and O–H groups in total. The molecule has 60 valence electrons. The Balaban J connectivity index is 2.45. The van der Waals surface area contributed by atoms with Crippen molar-refractivity contribution < 1.29 is 9.47 Å². The molecule has 0 saturated carbocycles. The molecule has 1 saturated heterocycles. The lowest BCUT2D eigenvalue weighted by molar-refractivity contribution is -0.0320. The summed E-state index contributed by atoms with van der Waals surface area (Å²) < 4.78 is 10.9. The summed E-state index contributed by atoms with van der Waals surface area (Å²) >= 11 is 0. The van der Waals surface area contributed by atoms with E-state index >= 15 is 0 Å². The Labute approximate surface area is 63.5 Å². The first kappa shape index (κ1) is 8.24. The van der Waals surface area contributed by atoms with Gasteiger partial charge in [0.05, 0.1) is 20.4 Å². The van der Waals surface area contributed by atoms with E-state index in [4.69, 9.17) is 9.47 Å². The lowest BCUT2D eigenvalue weighted by Crippen LogP contribution is -2.40. The number of ether oxygens (including phenoxy) is 2. The Kier molecular flexibility index (Phi) is 2.17. The van der Waals surface area contributed by atoms with Crippen molar-refractivity contribution in [2.24, 2.45) is 0 Å². The molecule has 2 unspecified atom stereocenters. The van der Waals surface area contributed by atoms with Crippen LogP contribution < -0.4 is 0 Å². The van der Waals surface area contributed by atoms with Crippen LogP contribution in [-0.4, -0.2) is 26.7 Å². The highest BCUT2D eigenvalue weighted by molar-refractivity contribution is 6.77. The summed E-state index contributed by atoms with van der Waals surface area (Å²) in [5.41, 5.74) is 0.405. The van der Waals surface area contributed by atoms with Gasteiger partial charge < -0.3 is 9.47 Å². The van der Waals surface area contributed by atoms with Crippen LogP contribution >= 0.6 is 0 Å². The van der Waals surface area contributed by atoms with Crippen molar-refractivity contribution in [3.05, 3.63) is 0 Å². The van der Waals surface area contributed by atoms with Crippen molar-refractivity contribution in [1.82, 2.24) is 0 Å². The topological polar surface area (TPSA) is 18.5 Å². The third-order valence-electron chi connectivity index (χ3n) is 1.80. The highest BCUT2D eigenvalue weighted by atomic mass is 28.3. The molecule has 1 rings (SSSR count). The summed E-state index contributed by atoms with van der Waals surface area (Å²) in [4.78, 5) is 0. The molecule has 1 heterocycles. The standard InChI is InChI=1S/C7H16O2Si/c1-6-8-5-7(9-6)10(2,3)4/h6-7H,5H2,1-4H3. The monoisotopic (exact) mass is 160 g/mol. The van der Waals surface area contributed by atoms with E-state index in [1.165, 1.54) is 0 Å². The number of hydrogen-bond donors (Lipinski definition) is 0. The van der Waals surface area contributed by atoms with E-state index in [1.807, 2.05) is 6.92 Å². The van der Waals surface area contributed by atoms with Gasteiger partial charge in [0.15, 0.2) is 6.29 Å². The zero-order chi connectivity index (χ0) is 7.78. The summed E-state index contributed by atoms with van der Waals surface area (Å²) in [5.74, 6) is 0. The van der Waals surface area contributed by atoms with Crippen LogP contribution in [0.1, 0.15) is 6.92 Å². The minimum Gasteiger partial charge on any atom is -0.351 e. The largest absolute Gasteiger partial charge is 0.351 e. The van der Waals surface area contributed by atoms with Crippen molar-refractivity contribution in [2.75, 3.05) is 6.61 Å². The molecule has 1 aliphatic heterocycles. The molecule has 0 bridgehead atoms. The van der Waals surface area contributed by atoms with Gasteiger partial charge in [-0.15, -0.1) is 0 Å². The van der Waals surface area contributed by atoms with Gasteiger partial charge in [-0.05, 0) is 6.92 Å². The summed E-state index contributed by atoms with van der Waals surface area (Å²) in [7, 11) is -1.11. The fourth-order valence-electron chi connectivity index (χ4n) is 0.987. The number of hydrogen-bond acceptors (Lipinski definition) is 2. The molecule has 0 radical (unpaired) electrons. The van der Waals surface area contributed by atoms with Crippen LogP contribution in [0.5, 0.6) is 0 Å². The van der Waals surface area contributed by atoms with Gasteiger partial charge in [-0.2, -0.15) is 0 Å². The van der Waals surface area contributed by atoms with Crippen LogP contribution in [0.2, 0.25) is 19.6 Å². The molecular weight excluding hydrogens is 144 g/mol. The van der Waals surface area contributed by atoms with Crippen molar-refractivity contribution >= 4 is 8.07 Å². The van der Waals surface area contributed by atoms with Crippen molar-refractivity contribution in [3.63, 3.8) is 0 Å². The molecule has 0 amide bonds. The summed E-state index contributed by atoms with van der Waals surface area (Å²) in [6.07, 6.45) is 0.0247. The van der Waals surface area contributed by atoms with E-state index in [1.54, 1.807) is 0 Å². The van der Waals surface area contributed by atoms with E-state index in [-0.39, 0.29) is 6.29 Å². The zero-order valence-corrected chi connectivity index (χ0v) is 8.18. The van der Waals surface area contributed by atoms with Gasteiger partial charge in [-0.1, -0.05) is 19.6 Å². The van der Waals surface area contributed by atoms with Gasteiger partial charge in [0.1, 0.15) is 0 Å². The van der Waals surface area contributed by atoms with Crippen molar-refractivity contribution in [2.45, 2.75) is 38.6 Å². The molecule has 2 nitrogen and oxygen atoms in total. The number of rotatable bonds is 1. The smallest absolute Gasteiger partial charge is 0.154 e. The van der Waals surface area contributed by atoms with Gasteiger partial charge in [-0.3, -0.25) is 0 Å². The fraction of sp³-hybridized carbons (Fsp3) is 1.00. The molecule has 2 atom stereocenters. The summed E-state index contributed by atoms with van der Waals surface area (Å²) in [6, 6.07) is 0. The first-order valence-electron chi connectivity index (χ1n) is 3.77. The Morgan fingerprint density at radius 3 is 2.10 bits per heavy atom.